The second kappa shape index (κ2) is 6.46. The molecule has 0 atom stereocenters. The van der Waals surface area contributed by atoms with Gasteiger partial charge in [0.2, 0.25) is 0 Å². The highest BCUT2D eigenvalue weighted by Crippen LogP contribution is 2.36. The molecule has 5 heteroatoms. The molecule has 1 aliphatic carbocycles. The van der Waals surface area contributed by atoms with E-state index in [-0.39, 0.29) is 5.56 Å². The van der Waals surface area contributed by atoms with Gasteiger partial charge in [0.05, 0.1) is 0 Å². The number of hydrogen-bond acceptors (Lipinski definition) is 3. The van der Waals surface area contributed by atoms with Crippen LogP contribution in [-0.4, -0.2) is 25.7 Å². The van der Waals surface area contributed by atoms with Crippen molar-refractivity contribution < 1.29 is 9.90 Å². The first-order valence-electron chi connectivity index (χ1n) is 8.27. The summed E-state index contributed by atoms with van der Waals surface area (Å²) in [4.78, 5) is 15.8. The Labute approximate surface area is 130 Å². The first-order chi connectivity index (χ1) is 10.7. The number of rotatable bonds is 5. The van der Waals surface area contributed by atoms with Gasteiger partial charge in [-0.3, -0.25) is 0 Å². The second-order valence-corrected chi connectivity index (χ2v) is 6.33. The Balaban J connectivity index is 1.75. The van der Waals surface area contributed by atoms with Crippen molar-refractivity contribution >= 4 is 11.6 Å². The molecule has 118 valence electrons. The van der Waals surface area contributed by atoms with E-state index in [9.17, 15) is 9.90 Å². The first-order valence-corrected chi connectivity index (χ1v) is 8.27. The fourth-order valence-corrected chi connectivity index (χ4v) is 3.46. The second-order valence-electron chi connectivity index (χ2n) is 6.33. The molecule has 2 aromatic heterocycles. The molecule has 22 heavy (non-hydrogen) atoms. The van der Waals surface area contributed by atoms with Crippen molar-refractivity contribution in [1.29, 1.82) is 0 Å². The molecule has 1 saturated carbocycles. The quantitative estimate of drug-likeness (QED) is 0.909. The van der Waals surface area contributed by atoms with Crippen LogP contribution in [0.3, 0.4) is 0 Å². The first kappa shape index (κ1) is 15.0. The van der Waals surface area contributed by atoms with Crippen LogP contribution in [-0.2, 0) is 0 Å². The standard InChI is InChI=1S/C17H23N3O2/c1-2-3-5-12-7-9-13(10-8-12)15-18-16-14(17(21)22)6-4-11-20(16)19-15/h4,6,11-13H,2-3,5,7-10H2,1H3,(H,21,22). The van der Waals surface area contributed by atoms with Gasteiger partial charge in [-0.05, 0) is 43.7 Å². The van der Waals surface area contributed by atoms with Crippen molar-refractivity contribution in [2.24, 2.45) is 5.92 Å². The zero-order valence-corrected chi connectivity index (χ0v) is 13.0. The SMILES string of the molecule is CCCCC1CCC(c2nc3c(C(=O)O)cccn3n2)CC1. The molecule has 0 bridgehead atoms. The molecule has 1 aliphatic rings. The molecule has 0 aliphatic heterocycles. The third-order valence-corrected chi connectivity index (χ3v) is 4.79. The average molecular weight is 301 g/mol. The van der Waals surface area contributed by atoms with Crippen LogP contribution < -0.4 is 0 Å². The van der Waals surface area contributed by atoms with E-state index in [0.717, 1.165) is 24.6 Å². The largest absolute Gasteiger partial charge is 0.478 e. The predicted molar refractivity (Wildman–Crippen MR) is 84.2 cm³/mol. The minimum absolute atomic E-state index is 0.220. The van der Waals surface area contributed by atoms with Crippen LogP contribution in [0, 0.1) is 5.92 Å². The summed E-state index contributed by atoms with van der Waals surface area (Å²) in [5.74, 6) is 1.08. The van der Waals surface area contributed by atoms with Crippen molar-refractivity contribution in [3.8, 4) is 0 Å². The number of carboxylic acids is 1. The van der Waals surface area contributed by atoms with Crippen molar-refractivity contribution in [1.82, 2.24) is 14.6 Å². The van der Waals surface area contributed by atoms with E-state index in [2.05, 4.69) is 17.0 Å². The van der Waals surface area contributed by atoms with E-state index in [1.165, 1.54) is 32.1 Å². The van der Waals surface area contributed by atoms with Crippen molar-refractivity contribution in [3.63, 3.8) is 0 Å². The summed E-state index contributed by atoms with van der Waals surface area (Å²) in [7, 11) is 0. The van der Waals surface area contributed by atoms with Gasteiger partial charge in [0.15, 0.2) is 11.5 Å². The average Bonchev–Trinajstić information content (AvgIpc) is 2.97. The van der Waals surface area contributed by atoms with E-state index in [1.807, 2.05) is 0 Å². The molecule has 0 radical (unpaired) electrons. The van der Waals surface area contributed by atoms with E-state index >= 15 is 0 Å². The molecule has 0 aromatic carbocycles. The Morgan fingerprint density at radius 2 is 2.14 bits per heavy atom. The monoisotopic (exact) mass is 301 g/mol. The molecule has 1 fully saturated rings. The number of aromatic carboxylic acids is 1. The number of fused-ring (bicyclic) bond motifs is 1. The normalized spacial score (nSPS) is 22.0. The fourth-order valence-electron chi connectivity index (χ4n) is 3.46. The molecule has 1 N–H and O–H groups in total. The molecule has 0 unspecified atom stereocenters. The summed E-state index contributed by atoms with van der Waals surface area (Å²) in [6, 6.07) is 3.29. The fraction of sp³-hybridized carbons (Fsp3) is 0.588. The zero-order valence-electron chi connectivity index (χ0n) is 13.0. The lowest BCUT2D eigenvalue weighted by molar-refractivity contribution is 0.0698. The van der Waals surface area contributed by atoms with Crippen LogP contribution in [0.2, 0.25) is 0 Å². The van der Waals surface area contributed by atoms with Crippen LogP contribution >= 0.6 is 0 Å². The predicted octanol–water partition coefficient (Wildman–Crippen LogP) is 3.89. The molecule has 5 nitrogen and oxygen atoms in total. The molecule has 3 rings (SSSR count). The maximum Gasteiger partial charge on any atom is 0.339 e. The van der Waals surface area contributed by atoms with Gasteiger partial charge in [-0.15, -0.1) is 0 Å². The third kappa shape index (κ3) is 2.98. The topological polar surface area (TPSA) is 67.5 Å². The number of nitrogens with zero attached hydrogens (tertiary/aromatic N) is 3. The Hall–Kier alpha value is -1.91. The number of aromatic nitrogens is 3. The van der Waals surface area contributed by atoms with Crippen LogP contribution in [0.4, 0.5) is 0 Å². The lowest BCUT2D eigenvalue weighted by atomic mass is 9.79. The van der Waals surface area contributed by atoms with Gasteiger partial charge in [0, 0.05) is 12.1 Å². The van der Waals surface area contributed by atoms with Gasteiger partial charge in [-0.25, -0.2) is 14.3 Å². The molecular formula is C17H23N3O2. The van der Waals surface area contributed by atoms with Gasteiger partial charge >= 0.3 is 5.97 Å². The molecule has 0 saturated heterocycles. The summed E-state index contributed by atoms with van der Waals surface area (Å²) < 4.78 is 1.60. The minimum atomic E-state index is -0.951. The molecular weight excluding hydrogens is 278 g/mol. The summed E-state index contributed by atoms with van der Waals surface area (Å²) in [6.07, 6.45) is 10.4. The third-order valence-electron chi connectivity index (χ3n) is 4.79. The smallest absolute Gasteiger partial charge is 0.339 e. The molecule has 2 aromatic rings. The van der Waals surface area contributed by atoms with Gasteiger partial charge in [-0.1, -0.05) is 26.2 Å². The van der Waals surface area contributed by atoms with Gasteiger partial charge < -0.3 is 5.11 Å². The highest BCUT2D eigenvalue weighted by atomic mass is 16.4. The lowest BCUT2D eigenvalue weighted by Crippen LogP contribution is -2.14. The van der Waals surface area contributed by atoms with Crippen LogP contribution in [0.5, 0.6) is 0 Å². The van der Waals surface area contributed by atoms with E-state index in [4.69, 9.17) is 0 Å². The number of carbonyl (C=O) groups is 1. The van der Waals surface area contributed by atoms with Gasteiger partial charge in [0.1, 0.15) is 5.56 Å². The number of hydrogen-bond donors (Lipinski definition) is 1. The highest BCUT2D eigenvalue weighted by Gasteiger charge is 2.25. The van der Waals surface area contributed by atoms with Crippen LogP contribution in [0.15, 0.2) is 18.3 Å². The Morgan fingerprint density at radius 1 is 1.36 bits per heavy atom. The number of unbranched alkanes of at least 4 members (excludes halogenated alkanes) is 1. The minimum Gasteiger partial charge on any atom is -0.478 e. The van der Waals surface area contributed by atoms with E-state index < -0.39 is 5.97 Å². The lowest BCUT2D eigenvalue weighted by Gasteiger charge is -2.26. The van der Waals surface area contributed by atoms with Gasteiger partial charge in [0.25, 0.3) is 0 Å². The Bertz CT molecular complexity index is 657. The van der Waals surface area contributed by atoms with E-state index in [1.54, 1.807) is 22.8 Å². The van der Waals surface area contributed by atoms with Crippen molar-refractivity contribution in [3.05, 3.63) is 29.7 Å². The van der Waals surface area contributed by atoms with Gasteiger partial charge in [-0.2, -0.15) is 5.10 Å². The maximum absolute atomic E-state index is 11.3. The molecule has 0 amide bonds. The summed E-state index contributed by atoms with van der Waals surface area (Å²) in [5, 5.41) is 13.7. The number of carboxylic acid groups (broad SMARTS) is 1. The van der Waals surface area contributed by atoms with Crippen LogP contribution in [0.1, 0.15) is 74.0 Å². The summed E-state index contributed by atoms with van der Waals surface area (Å²) in [5.41, 5.74) is 0.677. The Kier molecular flexibility index (Phi) is 4.41. The summed E-state index contributed by atoms with van der Waals surface area (Å²) in [6.45, 7) is 2.24. The summed E-state index contributed by atoms with van der Waals surface area (Å²) >= 11 is 0. The number of pyridine rings is 1. The molecule has 0 spiro atoms. The molecule has 2 heterocycles. The Morgan fingerprint density at radius 3 is 2.82 bits per heavy atom. The highest BCUT2D eigenvalue weighted by molar-refractivity contribution is 5.94. The zero-order chi connectivity index (χ0) is 15.5. The maximum atomic E-state index is 11.3. The van der Waals surface area contributed by atoms with Crippen molar-refractivity contribution in [2.45, 2.75) is 57.8 Å². The van der Waals surface area contributed by atoms with Crippen LogP contribution in [0.25, 0.3) is 5.65 Å². The van der Waals surface area contributed by atoms with E-state index in [0.29, 0.717) is 11.6 Å². The van der Waals surface area contributed by atoms with Crippen molar-refractivity contribution in [2.75, 3.05) is 0 Å².